The third-order valence-electron chi connectivity index (χ3n) is 3.59. The van der Waals surface area contributed by atoms with Crippen molar-refractivity contribution in [3.8, 4) is 0 Å². The van der Waals surface area contributed by atoms with Gasteiger partial charge in [-0.25, -0.2) is 0 Å². The summed E-state index contributed by atoms with van der Waals surface area (Å²) < 4.78 is 0. The third-order valence-corrected chi connectivity index (χ3v) is 3.59. The van der Waals surface area contributed by atoms with Crippen LogP contribution in [-0.2, 0) is 0 Å². The van der Waals surface area contributed by atoms with Crippen molar-refractivity contribution in [3.63, 3.8) is 0 Å². The molecular formula is C14H14N2O. The van der Waals surface area contributed by atoms with Crippen molar-refractivity contribution >= 4 is 16.7 Å². The summed E-state index contributed by atoms with van der Waals surface area (Å²) in [5.41, 5.74) is 7.01. The number of benzene rings is 1. The highest BCUT2D eigenvalue weighted by molar-refractivity contribution is 6.04. The van der Waals surface area contributed by atoms with Crippen LogP contribution in [0.15, 0.2) is 36.5 Å². The second-order valence-corrected chi connectivity index (χ2v) is 4.72. The Morgan fingerprint density at radius 3 is 2.88 bits per heavy atom. The number of nitrogens with zero attached hydrogens (tertiary/aromatic N) is 1. The molecule has 1 aliphatic carbocycles. The van der Waals surface area contributed by atoms with E-state index in [-0.39, 0.29) is 11.2 Å². The van der Waals surface area contributed by atoms with Crippen LogP contribution in [0.1, 0.15) is 23.2 Å². The maximum absolute atomic E-state index is 12.3. The molecule has 3 rings (SSSR count). The van der Waals surface area contributed by atoms with Crippen LogP contribution in [0.25, 0.3) is 10.9 Å². The second-order valence-electron chi connectivity index (χ2n) is 4.72. The Balaban J connectivity index is 2.04. The number of carbonyl (C=O) groups is 1. The molecule has 0 spiro atoms. The van der Waals surface area contributed by atoms with E-state index in [1.165, 1.54) is 0 Å². The Morgan fingerprint density at radius 1 is 1.35 bits per heavy atom. The van der Waals surface area contributed by atoms with Gasteiger partial charge in [-0.1, -0.05) is 18.2 Å². The number of aromatic nitrogens is 1. The number of carbonyl (C=O) groups excluding carboxylic acids is 1. The summed E-state index contributed by atoms with van der Waals surface area (Å²) in [7, 11) is 0. The topological polar surface area (TPSA) is 56.0 Å². The van der Waals surface area contributed by atoms with Crippen LogP contribution in [0.4, 0.5) is 0 Å². The summed E-state index contributed by atoms with van der Waals surface area (Å²) in [6, 6.07) is 9.58. The molecule has 3 heteroatoms. The fraction of sp³-hybridized carbons (Fsp3) is 0.286. The highest BCUT2D eigenvalue weighted by atomic mass is 16.1. The van der Waals surface area contributed by atoms with Crippen LogP contribution in [-0.4, -0.2) is 17.3 Å². The van der Waals surface area contributed by atoms with E-state index in [9.17, 15) is 4.79 Å². The number of hydrogen-bond donors (Lipinski definition) is 1. The van der Waals surface area contributed by atoms with E-state index in [0.717, 1.165) is 29.3 Å². The first-order valence-corrected chi connectivity index (χ1v) is 5.85. The maximum atomic E-state index is 12.3. The number of hydrogen-bond acceptors (Lipinski definition) is 3. The average molecular weight is 226 g/mol. The van der Waals surface area contributed by atoms with Gasteiger partial charge in [-0.3, -0.25) is 9.78 Å². The quantitative estimate of drug-likeness (QED) is 0.816. The van der Waals surface area contributed by atoms with Gasteiger partial charge in [-0.2, -0.15) is 0 Å². The molecule has 1 saturated carbocycles. The molecular weight excluding hydrogens is 212 g/mol. The van der Waals surface area contributed by atoms with E-state index in [0.29, 0.717) is 6.54 Å². The van der Waals surface area contributed by atoms with E-state index in [2.05, 4.69) is 4.98 Å². The summed E-state index contributed by atoms with van der Waals surface area (Å²) in [6.45, 7) is 0.450. The smallest absolute Gasteiger partial charge is 0.170 e. The van der Waals surface area contributed by atoms with Gasteiger partial charge in [0.2, 0.25) is 0 Å². The Bertz CT molecular complexity index is 588. The first-order valence-electron chi connectivity index (χ1n) is 5.85. The third kappa shape index (κ3) is 1.63. The van der Waals surface area contributed by atoms with Crippen molar-refractivity contribution in [2.75, 3.05) is 6.54 Å². The normalized spacial score (nSPS) is 17.0. The van der Waals surface area contributed by atoms with Crippen LogP contribution in [0, 0.1) is 5.41 Å². The van der Waals surface area contributed by atoms with Gasteiger partial charge in [0.1, 0.15) is 0 Å². The molecule has 3 nitrogen and oxygen atoms in total. The second kappa shape index (κ2) is 3.64. The number of pyridine rings is 1. The first-order chi connectivity index (χ1) is 8.25. The van der Waals surface area contributed by atoms with Crippen molar-refractivity contribution in [3.05, 3.63) is 42.1 Å². The molecule has 1 aromatic heterocycles. The molecule has 2 N–H and O–H groups in total. The van der Waals surface area contributed by atoms with Crippen molar-refractivity contribution in [1.82, 2.24) is 4.98 Å². The van der Waals surface area contributed by atoms with Crippen LogP contribution >= 0.6 is 0 Å². The molecule has 1 heterocycles. The van der Waals surface area contributed by atoms with Crippen LogP contribution in [0.2, 0.25) is 0 Å². The molecule has 0 unspecified atom stereocenters. The number of ketones is 1. The minimum absolute atomic E-state index is 0.174. The van der Waals surface area contributed by atoms with Crippen molar-refractivity contribution in [2.24, 2.45) is 11.1 Å². The first kappa shape index (κ1) is 10.4. The van der Waals surface area contributed by atoms with Crippen LogP contribution < -0.4 is 5.73 Å². The average Bonchev–Trinajstić information content (AvgIpc) is 3.18. The standard InChI is InChI=1S/C14H14N2O/c15-9-14(5-6-14)13(17)11-4-3-10-2-1-7-16-12(10)8-11/h1-4,7-8H,5-6,9,15H2. The van der Waals surface area contributed by atoms with Gasteiger partial charge in [0.05, 0.1) is 5.52 Å². The summed E-state index contributed by atoms with van der Waals surface area (Å²) in [4.78, 5) is 16.6. The Labute approximate surface area is 99.7 Å². The fourth-order valence-corrected chi connectivity index (χ4v) is 2.19. The van der Waals surface area contributed by atoms with Gasteiger partial charge in [0.25, 0.3) is 0 Å². The molecule has 0 radical (unpaired) electrons. The highest BCUT2D eigenvalue weighted by Gasteiger charge is 2.48. The lowest BCUT2D eigenvalue weighted by Gasteiger charge is -2.11. The van der Waals surface area contributed by atoms with Gasteiger partial charge in [0.15, 0.2) is 5.78 Å². The van der Waals surface area contributed by atoms with E-state index >= 15 is 0 Å². The van der Waals surface area contributed by atoms with E-state index in [4.69, 9.17) is 5.73 Å². The van der Waals surface area contributed by atoms with Gasteiger partial charge in [0, 0.05) is 29.1 Å². The number of rotatable bonds is 3. The molecule has 86 valence electrons. The Kier molecular flexibility index (Phi) is 2.23. The lowest BCUT2D eigenvalue weighted by atomic mass is 9.94. The van der Waals surface area contributed by atoms with E-state index in [1.807, 2.05) is 30.3 Å². The number of Topliss-reactive ketones (excluding diaryl/α,β-unsaturated/α-hetero) is 1. The zero-order valence-electron chi connectivity index (χ0n) is 9.52. The fourth-order valence-electron chi connectivity index (χ4n) is 2.19. The molecule has 2 aromatic rings. The molecule has 0 saturated heterocycles. The van der Waals surface area contributed by atoms with Gasteiger partial charge < -0.3 is 5.73 Å². The minimum Gasteiger partial charge on any atom is -0.329 e. The highest BCUT2D eigenvalue weighted by Crippen LogP contribution is 2.47. The lowest BCUT2D eigenvalue weighted by molar-refractivity contribution is 0.0906. The molecule has 0 bridgehead atoms. The van der Waals surface area contributed by atoms with Gasteiger partial charge in [-0.05, 0) is 25.0 Å². The van der Waals surface area contributed by atoms with E-state index in [1.54, 1.807) is 6.20 Å². The molecule has 0 aliphatic heterocycles. The van der Waals surface area contributed by atoms with Gasteiger partial charge in [-0.15, -0.1) is 0 Å². The molecule has 1 aromatic carbocycles. The monoisotopic (exact) mass is 226 g/mol. The predicted octanol–water partition coefficient (Wildman–Crippen LogP) is 2.16. The van der Waals surface area contributed by atoms with Gasteiger partial charge >= 0.3 is 0 Å². The zero-order valence-corrected chi connectivity index (χ0v) is 9.52. The predicted molar refractivity (Wildman–Crippen MR) is 66.8 cm³/mol. The van der Waals surface area contributed by atoms with E-state index < -0.39 is 0 Å². The SMILES string of the molecule is NCC1(C(=O)c2ccc3cccnc3c2)CC1. The summed E-state index contributed by atoms with van der Waals surface area (Å²) in [5.74, 6) is 0.174. The largest absolute Gasteiger partial charge is 0.329 e. The summed E-state index contributed by atoms with van der Waals surface area (Å²) in [6.07, 6.45) is 3.58. The molecule has 0 atom stereocenters. The molecule has 0 amide bonds. The van der Waals surface area contributed by atoms with Crippen LogP contribution in [0.5, 0.6) is 0 Å². The molecule has 17 heavy (non-hydrogen) atoms. The van der Waals surface area contributed by atoms with Crippen molar-refractivity contribution < 1.29 is 4.79 Å². The summed E-state index contributed by atoms with van der Waals surface area (Å²) in [5, 5.41) is 1.06. The summed E-state index contributed by atoms with van der Waals surface area (Å²) >= 11 is 0. The van der Waals surface area contributed by atoms with Crippen molar-refractivity contribution in [1.29, 1.82) is 0 Å². The minimum atomic E-state index is -0.275. The Hall–Kier alpha value is -1.74. The number of nitrogens with two attached hydrogens (primary N) is 1. The van der Waals surface area contributed by atoms with Crippen LogP contribution in [0.3, 0.4) is 0 Å². The maximum Gasteiger partial charge on any atom is 0.170 e. The molecule has 1 aliphatic rings. The lowest BCUT2D eigenvalue weighted by Crippen LogP contribution is -2.25. The Morgan fingerprint density at radius 2 is 2.18 bits per heavy atom. The molecule has 1 fully saturated rings. The number of fused-ring (bicyclic) bond motifs is 1. The van der Waals surface area contributed by atoms with Crippen molar-refractivity contribution in [2.45, 2.75) is 12.8 Å². The zero-order chi connectivity index (χ0) is 11.9.